The van der Waals surface area contributed by atoms with Crippen LogP contribution in [0.4, 0.5) is 0 Å². The smallest absolute Gasteiger partial charge is 0.333 e. The van der Waals surface area contributed by atoms with Crippen molar-refractivity contribution in [3.63, 3.8) is 0 Å². The number of hydrogen-bond acceptors (Lipinski definition) is 5. The molecule has 3 rings (SSSR count). The third kappa shape index (κ3) is 9.06. The Hall–Kier alpha value is -3.86. The van der Waals surface area contributed by atoms with E-state index in [-0.39, 0.29) is 11.8 Å². The van der Waals surface area contributed by atoms with Crippen LogP contribution >= 0.6 is 0 Å². The standard InChI is InChI=1S/C31H34O5/c1-24(2)31(33)36-22-9-4-3-8-21-34-28-16-12-25(13-17-28)26-14-18-29(19-15-26)35-23-20-30(32)27-10-6-5-7-11-27/h5-7,10-19H,1,3-4,8-9,20-23H2,2H3. The number of carbonyl (C=O) groups excluding carboxylic acids is 2. The third-order valence-electron chi connectivity index (χ3n) is 5.62. The number of rotatable bonds is 15. The number of carbonyl (C=O) groups is 2. The van der Waals surface area contributed by atoms with Crippen LogP contribution in [0.25, 0.3) is 11.1 Å². The highest BCUT2D eigenvalue weighted by molar-refractivity contribution is 5.96. The van der Waals surface area contributed by atoms with Gasteiger partial charge in [0.2, 0.25) is 0 Å². The molecule has 0 bridgehead atoms. The summed E-state index contributed by atoms with van der Waals surface area (Å²) in [4.78, 5) is 23.5. The average molecular weight is 487 g/mol. The lowest BCUT2D eigenvalue weighted by atomic mass is 10.1. The van der Waals surface area contributed by atoms with Crippen molar-refractivity contribution in [2.24, 2.45) is 0 Å². The van der Waals surface area contributed by atoms with Gasteiger partial charge in [0.05, 0.1) is 19.8 Å². The van der Waals surface area contributed by atoms with Crippen LogP contribution in [-0.4, -0.2) is 31.6 Å². The first-order valence-corrected chi connectivity index (χ1v) is 12.4. The number of benzene rings is 3. The van der Waals surface area contributed by atoms with Crippen LogP contribution in [0, 0.1) is 0 Å². The van der Waals surface area contributed by atoms with Crippen LogP contribution < -0.4 is 9.47 Å². The van der Waals surface area contributed by atoms with E-state index in [2.05, 4.69) is 6.58 Å². The minimum Gasteiger partial charge on any atom is -0.494 e. The molecule has 3 aromatic carbocycles. The maximum absolute atomic E-state index is 12.2. The molecule has 0 aliphatic carbocycles. The zero-order valence-electron chi connectivity index (χ0n) is 20.9. The molecule has 5 heteroatoms. The zero-order valence-corrected chi connectivity index (χ0v) is 20.9. The maximum atomic E-state index is 12.2. The fraction of sp³-hybridized carbons (Fsp3) is 0.290. The molecule has 36 heavy (non-hydrogen) atoms. The van der Waals surface area contributed by atoms with E-state index >= 15 is 0 Å². The Morgan fingerprint density at radius 1 is 0.667 bits per heavy atom. The second-order valence-electron chi connectivity index (χ2n) is 8.62. The van der Waals surface area contributed by atoms with Gasteiger partial charge in [-0.25, -0.2) is 4.79 Å². The van der Waals surface area contributed by atoms with E-state index in [9.17, 15) is 9.59 Å². The molecule has 0 amide bonds. The summed E-state index contributed by atoms with van der Waals surface area (Å²) in [5.74, 6) is 1.35. The fourth-order valence-electron chi connectivity index (χ4n) is 3.55. The summed E-state index contributed by atoms with van der Waals surface area (Å²) in [5.41, 5.74) is 3.33. The Bertz CT molecular complexity index is 1100. The van der Waals surface area contributed by atoms with Crippen molar-refractivity contribution < 1.29 is 23.8 Å². The highest BCUT2D eigenvalue weighted by atomic mass is 16.5. The first kappa shape index (κ1) is 26.7. The Morgan fingerprint density at radius 2 is 1.19 bits per heavy atom. The molecule has 0 aliphatic heterocycles. The summed E-state index contributed by atoms with van der Waals surface area (Å²) >= 11 is 0. The summed E-state index contributed by atoms with van der Waals surface area (Å²) in [6.45, 7) is 6.66. The van der Waals surface area contributed by atoms with E-state index in [0.29, 0.717) is 37.4 Å². The van der Waals surface area contributed by atoms with Gasteiger partial charge < -0.3 is 14.2 Å². The monoisotopic (exact) mass is 486 g/mol. The van der Waals surface area contributed by atoms with Gasteiger partial charge in [0.25, 0.3) is 0 Å². The molecule has 0 fully saturated rings. The molecule has 5 nitrogen and oxygen atoms in total. The van der Waals surface area contributed by atoms with Crippen LogP contribution in [0.5, 0.6) is 11.5 Å². The second-order valence-corrected chi connectivity index (χ2v) is 8.62. The lowest BCUT2D eigenvalue weighted by Gasteiger charge is -2.09. The van der Waals surface area contributed by atoms with E-state index in [1.54, 1.807) is 6.92 Å². The molecule has 0 spiro atoms. The van der Waals surface area contributed by atoms with Crippen LogP contribution in [0.3, 0.4) is 0 Å². The second kappa shape index (κ2) is 14.5. The van der Waals surface area contributed by atoms with Gasteiger partial charge in [0, 0.05) is 17.6 Å². The molecule has 0 saturated carbocycles. The molecule has 0 saturated heterocycles. The predicted molar refractivity (Wildman–Crippen MR) is 142 cm³/mol. The lowest BCUT2D eigenvalue weighted by molar-refractivity contribution is -0.139. The highest BCUT2D eigenvalue weighted by Gasteiger charge is 2.06. The molecule has 0 N–H and O–H groups in total. The van der Waals surface area contributed by atoms with Gasteiger partial charge in [-0.3, -0.25) is 4.79 Å². The van der Waals surface area contributed by atoms with Gasteiger partial charge in [0.1, 0.15) is 11.5 Å². The molecule has 0 radical (unpaired) electrons. The first-order chi connectivity index (χ1) is 17.5. The summed E-state index contributed by atoms with van der Waals surface area (Å²) < 4.78 is 16.7. The van der Waals surface area contributed by atoms with Crippen molar-refractivity contribution in [2.75, 3.05) is 19.8 Å². The van der Waals surface area contributed by atoms with Gasteiger partial charge in [-0.05, 0) is 68.0 Å². The van der Waals surface area contributed by atoms with Gasteiger partial charge in [-0.1, -0.05) is 61.2 Å². The molecular formula is C31H34O5. The molecule has 0 unspecified atom stereocenters. The molecular weight excluding hydrogens is 452 g/mol. The number of ketones is 1. The Balaban J connectivity index is 1.33. The fourth-order valence-corrected chi connectivity index (χ4v) is 3.55. The van der Waals surface area contributed by atoms with E-state index in [1.165, 1.54) is 0 Å². The normalized spacial score (nSPS) is 10.5. The molecule has 0 aromatic heterocycles. The minimum atomic E-state index is -0.321. The largest absolute Gasteiger partial charge is 0.494 e. The van der Waals surface area contributed by atoms with Crippen LogP contribution in [0.1, 0.15) is 49.4 Å². The maximum Gasteiger partial charge on any atom is 0.333 e. The number of ether oxygens (including phenoxy) is 3. The minimum absolute atomic E-state index is 0.0798. The van der Waals surface area contributed by atoms with Crippen molar-refractivity contribution >= 4 is 11.8 Å². The Morgan fingerprint density at radius 3 is 1.75 bits per heavy atom. The van der Waals surface area contributed by atoms with E-state index in [0.717, 1.165) is 48.3 Å². The molecule has 0 atom stereocenters. The van der Waals surface area contributed by atoms with Gasteiger partial charge in [0.15, 0.2) is 5.78 Å². The topological polar surface area (TPSA) is 61.8 Å². The summed E-state index contributed by atoms with van der Waals surface area (Å²) in [6, 6.07) is 25.2. The quantitative estimate of drug-likeness (QED) is 0.0995. The van der Waals surface area contributed by atoms with Crippen molar-refractivity contribution in [1.82, 2.24) is 0 Å². The van der Waals surface area contributed by atoms with Crippen LogP contribution in [0.2, 0.25) is 0 Å². The van der Waals surface area contributed by atoms with Crippen LogP contribution in [-0.2, 0) is 9.53 Å². The van der Waals surface area contributed by atoms with E-state index in [1.807, 2.05) is 78.9 Å². The van der Waals surface area contributed by atoms with Crippen LogP contribution in [0.15, 0.2) is 91.0 Å². The summed E-state index contributed by atoms with van der Waals surface area (Å²) in [7, 11) is 0. The third-order valence-corrected chi connectivity index (χ3v) is 5.62. The Labute approximate surface area is 213 Å². The average Bonchev–Trinajstić information content (AvgIpc) is 2.91. The number of hydrogen-bond donors (Lipinski definition) is 0. The van der Waals surface area contributed by atoms with Crippen molar-refractivity contribution in [3.8, 4) is 22.6 Å². The zero-order chi connectivity index (χ0) is 25.6. The molecule has 0 heterocycles. The van der Waals surface area contributed by atoms with Gasteiger partial charge in [-0.15, -0.1) is 0 Å². The van der Waals surface area contributed by atoms with Crippen molar-refractivity contribution in [2.45, 2.75) is 39.0 Å². The summed E-state index contributed by atoms with van der Waals surface area (Å²) in [5, 5.41) is 0. The number of unbranched alkanes of at least 4 members (excludes halogenated alkanes) is 3. The van der Waals surface area contributed by atoms with E-state index in [4.69, 9.17) is 14.2 Å². The first-order valence-electron chi connectivity index (χ1n) is 12.4. The SMILES string of the molecule is C=C(C)C(=O)OCCCCCCOc1ccc(-c2ccc(OCCC(=O)c3ccccc3)cc2)cc1. The van der Waals surface area contributed by atoms with E-state index < -0.39 is 0 Å². The lowest BCUT2D eigenvalue weighted by Crippen LogP contribution is -2.06. The number of Topliss-reactive ketones (excluding diaryl/α,β-unsaturated/α-hetero) is 1. The Kier molecular flexibility index (Phi) is 10.8. The van der Waals surface area contributed by atoms with Gasteiger partial charge in [-0.2, -0.15) is 0 Å². The highest BCUT2D eigenvalue weighted by Crippen LogP contribution is 2.25. The number of esters is 1. The predicted octanol–water partition coefficient (Wildman–Crippen LogP) is 7.06. The van der Waals surface area contributed by atoms with Crippen molar-refractivity contribution in [3.05, 3.63) is 96.6 Å². The molecule has 188 valence electrons. The van der Waals surface area contributed by atoms with Crippen molar-refractivity contribution in [1.29, 1.82) is 0 Å². The summed E-state index contributed by atoms with van der Waals surface area (Å²) in [6.07, 6.45) is 4.17. The molecule has 0 aliphatic rings. The molecule has 3 aromatic rings. The van der Waals surface area contributed by atoms with Gasteiger partial charge >= 0.3 is 5.97 Å².